The van der Waals surface area contributed by atoms with Gasteiger partial charge in [-0.05, 0) is 52.9 Å². The lowest BCUT2D eigenvalue weighted by molar-refractivity contribution is 0.596. The average molecular weight is 306 g/mol. The van der Waals surface area contributed by atoms with Crippen LogP contribution >= 0.6 is 0 Å². The molecule has 0 aliphatic heterocycles. The van der Waals surface area contributed by atoms with Crippen LogP contribution in [0.2, 0.25) is 0 Å². The fourth-order valence-corrected chi connectivity index (χ4v) is 4.36. The number of fused-ring (bicyclic) bond motifs is 3. The summed E-state index contributed by atoms with van der Waals surface area (Å²) in [5, 5.41) is 0. The summed E-state index contributed by atoms with van der Waals surface area (Å²) in [6.07, 6.45) is 0.795. The minimum Gasteiger partial charge on any atom is -0.219 e. The number of sulfone groups is 1. The second-order valence-corrected chi connectivity index (χ2v) is 7.42. The smallest absolute Gasteiger partial charge is 0.206 e. The van der Waals surface area contributed by atoms with Gasteiger partial charge in [0.15, 0.2) is 0 Å². The van der Waals surface area contributed by atoms with E-state index in [0.29, 0.717) is 9.79 Å². The minimum absolute atomic E-state index is 0.338. The molecule has 1 aliphatic rings. The zero-order valence-electron chi connectivity index (χ0n) is 11.9. The van der Waals surface area contributed by atoms with Crippen LogP contribution in [0.4, 0.5) is 0 Å². The Morgan fingerprint density at radius 1 is 0.636 bits per heavy atom. The van der Waals surface area contributed by atoms with Crippen molar-refractivity contribution in [2.45, 2.75) is 16.2 Å². The molecular weight excluding hydrogens is 292 g/mol. The van der Waals surface area contributed by atoms with E-state index in [2.05, 4.69) is 12.1 Å². The standard InChI is InChI=1S/C19H14O2S/c20-22(21,16-7-2-1-3-8-16)17-10-11-19-15(13-17)12-14-6-4-5-9-18(14)19/h1-11,13H,12H2. The van der Waals surface area contributed by atoms with Crippen LogP contribution in [0.1, 0.15) is 11.1 Å². The van der Waals surface area contributed by atoms with Gasteiger partial charge in [0.1, 0.15) is 0 Å². The van der Waals surface area contributed by atoms with Gasteiger partial charge in [0.2, 0.25) is 9.84 Å². The Hall–Kier alpha value is -2.39. The molecule has 3 heteroatoms. The molecule has 0 unspecified atom stereocenters. The summed E-state index contributed by atoms with van der Waals surface area (Å²) in [5.41, 5.74) is 4.69. The van der Waals surface area contributed by atoms with Crippen molar-refractivity contribution in [3.63, 3.8) is 0 Å². The van der Waals surface area contributed by atoms with Crippen LogP contribution in [0.25, 0.3) is 11.1 Å². The molecule has 0 radical (unpaired) electrons. The first-order chi connectivity index (χ1) is 10.7. The molecule has 3 aromatic carbocycles. The number of rotatable bonds is 2. The molecule has 108 valence electrons. The van der Waals surface area contributed by atoms with Gasteiger partial charge >= 0.3 is 0 Å². The van der Waals surface area contributed by atoms with Crippen molar-refractivity contribution in [2.24, 2.45) is 0 Å². The molecule has 0 spiro atoms. The van der Waals surface area contributed by atoms with Gasteiger partial charge in [-0.3, -0.25) is 0 Å². The van der Waals surface area contributed by atoms with E-state index in [1.165, 1.54) is 11.1 Å². The van der Waals surface area contributed by atoms with Crippen molar-refractivity contribution in [1.29, 1.82) is 0 Å². The molecule has 22 heavy (non-hydrogen) atoms. The lowest BCUT2D eigenvalue weighted by Crippen LogP contribution is -2.02. The molecule has 3 aromatic rings. The molecule has 0 N–H and O–H groups in total. The highest BCUT2D eigenvalue weighted by Crippen LogP contribution is 2.38. The second kappa shape index (κ2) is 4.82. The molecule has 0 amide bonds. The van der Waals surface area contributed by atoms with Gasteiger partial charge in [-0.2, -0.15) is 0 Å². The maximum atomic E-state index is 12.7. The molecule has 2 nitrogen and oxygen atoms in total. The summed E-state index contributed by atoms with van der Waals surface area (Å²) in [7, 11) is -3.45. The van der Waals surface area contributed by atoms with Crippen molar-refractivity contribution < 1.29 is 8.42 Å². The molecule has 4 rings (SSSR count). The van der Waals surface area contributed by atoms with Crippen LogP contribution in [0.3, 0.4) is 0 Å². The highest BCUT2D eigenvalue weighted by atomic mass is 32.2. The van der Waals surface area contributed by atoms with Crippen molar-refractivity contribution in [1.82, 2.24) is 0 Å². The van der Waals surface area contributed by atoms with Gasteiger partial charge in [-0.25, -0.2) is 8.42 Å². The van der Waals surface area contributed by atoms with E-state index >= 15 is 0 Å². The zero-order valence-corrected chi connectivity index (χ0v) is 12.7. The Balaban J connectivity index is 1.83. The van der Waals surface area contributed by atoms with Crippen LogP contribution in [0, 0.1) is 0 Å². The van der Waals surface area contributed by atoms with E-state index in [9.17, 15) is 8.42 Å². The van der Waals surface area contributed by atoms with Crippen molar-refractivity contribution >= 4 is 9.84 Å². The van der Waals surface area contributed by atoms with E-state index < -0.39 is 9.84 Å². The quantitative estimate of drug-likeness (QED) is 0.559. The van der Waals surface area contributed by atoms with Gasteiger partial charge in [0, 0.05) is 0 Å². The third kappa shape index (κ3) is 1.97. The maximum Gasteiger partial charge on any atom is 0.206 e. The van der Waals surface area contributed by atoms with Gasteiger partial charge in [0.05, 0.1) is 9.79 Å². The summed E-state index contributed by atoms with van der Waals surface area (Å²) in [4.78, 5) is 0.704. The van der Waals surface area contributed by atoms with Crippen LogP contribution < -0.4 is 0 Å². The first-order valence-electron chi connectivity index (χ1n) is 7.17. The molecule has 0 aromatic heterocycles. The van der Waals surface area contributed by atoms with Crippen molar-refractivity contribution in [3.8, 4) is 11.1 Å². The fraction of sp³-hybridized carbons (Fsp3) is 0.0526. The molecule has 0 bridgehead atoms. The van der Waals surface area contributed by atoms with E-state index in [1.807, 2.05) is 30.3 Å². The summed E-state index contributed by atoms with van der Waals surface area (Å²) >= 11 is 0. The monoisotopic (exact) mass is 306 g/mol. The summed E-state index contributed by atoms with van der Waals surface area (Å²) in [6, 6.07) is 22.3. The molecule has 1 aliphatic carbocycles. The lowest BCUT2D eigenvalue weighted by atomic mass is 10.1. The van der Waals surface area contributed by atoms with Gasteiger partial charge in [-0.1, -0.05) is 48.5 Å². The SMILES string of the molecule is O=S(=O)(c1ccccc1)c1ccc2c(c1)Cc1ccccc1-2. The molecule has 0 atom stereocenters. The van der Waals surface area contributed by atoms with Crippen molar-refractivity contribution in [3.05, 3.63) is 83.9 Å². The number of benzene rings is 3. The Kier molecular flexibility index (Phi) is 2.91. The minimum atomic E-state index is -3.45. The van der Waals surface area contributed by atoms with E-state index in [-0.39, 0.29) is 0 Å². The predicted molar refractivity (Wildman–Crippen MR) is 86.6 cm³/mol. The molecule has 0 heterocycles. The lowest BCUT2D eigenvalue weighted by Gasteiger charge is -2.07. The van der Waals surface area contributed by atoms with Crippen molar-refractivity contribution in [2.75, 3.05) is 0 Å². The largest absolute Gasteiger partial charge is 0.219 e. The second-order valence-electron chi connectivity index (χ2n) is 5.47. The number of hydrogen-bond donors (Lipinski definition) is 0. The Morgan fingerprint density at radius 3 is 2.14 bits per heavy atom. The van der Waals surface area contributed by atoms with Gasteiger partial charge in [-0.15, -0.1) is 0 Å². The predicted octanol–water partition coefficient (Wildman–Crippen LogP) is 4.09. The summed E-state index contributed by atoms with van der Waals surface area (Å²) in [5.74, 6) is 0. The van der Waals surface area contributed by atoms with E-state index in [4.69, 9.17) is 0 Å². The molecule has 0 saturated heterocycles. The number of hydrogen-bond acceptors (Lipinski definition) is 2. The first kappa shape index (κ1) is 13.3. The highest BCUT2D eigenvalue weighted by Gasteiger charge is 2.22. The normalized spacial score (nSPS) is 12.7. The average Bonchev–Trinajstić information content (AvgIpc) is 2.93. The summed E-state index contributed by atoms with van der Waals surface area (Å²) < 4.78 is 25.4. The fourth-order valence-electron chi connectivity index (χ4n) is 3.02. The summed E-state index contributed by atoms with van der Waals surface area (Å²) in [6.45, 7) is 0. The molecular formula is C19H14O2S. The third-order valence-corrected chi connectivity index (χ3v) is 5.90. The zero-order chi connectivity index (χ0) is 15.2. The Bertz CT molecular complexity index is 958. The van der Waals surface area contributed by atoms with Crippen LogP contribution in [0.15, 0.2) is 82.6 Å². The van der Waals surface area contributed by atoms with E-state index in [0.717, 1.165) is 17.5 Å². The van der Waals surface area contributed by atoms with Crippen LogP contribution in [-0.2, 0) is 16.3 Å². The van der Waals surface area contributed by atoms with Crippen LogP contribution in [0.5, 0.6) is 0 Å². The first-order valence-corrected chi connectivity index (χ1v) is 8.66. The topological polar surface area (TPSA) is 34.1 Å². The highest BCUT2D eigenvalue weighted by molar-refractivity contribution is 7.91. The van der Waals surface area contributed by atoms with Gasteiger partial charge in [0.25, 0.3) is 0 Å². The van der Waals surface area contributed by atoms with Crippen LogP contribution in [-0.4, -0.2) is 8.42 Å². The van der Waals surface area contributed by atoms with Gasteiger partial charge < -0.3 is 0 Å². The Labute approximate surface area is 130 Å². The van der Waals surface area contributed by atoms with E-state index in [1.54, 1.807) is 30.3 Å². The molecule has 0 saturated carbocycles. The third-order valence-electron chi connectivity index (χ3n) is 4.13. The maximum absolute atomic E-state index is 12.7. The molecule has 0 fully saturated rings. The Morgan fingerprint density at radius 2 is 1.32 bits per heavy atom.